The molecular formula is C21H25NO2. The maximum atomic E-state index is 12.8. The van der Waals surface area contributed by atoms with Gasteiger partial charge in [0.25, 0.3) is 5.91 Å². The van der Waals surface area contributed by atoms with Crippen LogP contribution in [0.25, 0.3) is 0 Å². The number of benzene rings is 2. The summed E-state index contributed by atoms with van der Waals surface area (Å²) in [6.07, 6.45) is 4.87. The van der Waals surface area contributed by atoms with Gasteiger partial charge in [0.1, 0.15) is 5.75 Å². The van der Waals surface area contributed by atoms with Crippen molar-refractivity contribution < 1.29 is 9.53 Å². The predicted molar refractivity (Wildman–Crippen MR) is 96.2 cm³/mol. The lowest BCUT2D eigenvalue weighted by Crippen LogP contribution is -2.32. The molecule has 2 aromatic rings. The minimum atomic E-state index is -0.0303. The van der Waals surface area contributed by atoms with Gasteiger partial charge < -0.3 is 10.1 Å². The van der Waals surface area contributed by atoms with E-state index in [0.29, 0.717) is 18.1 Å². The van der Waals surface area contributed by atoms with Crippen molar-refractivity contribution in [2.24, 2.45) is 5.92 Å². The zero-order valence-corrected chi connectivity index (χ0v) is 14.2. The molecule has 0 radical (unpaired) electrons. The molecule has 3 rings (SSSR count). The van der Waals surface area contributed by atoms with Crippen LogP contribution in [0.1, 0.15) is 54.6 Å². The van der Waals surface area contributed by atoms with E-state index in [9.17, 15) is 4.79 Å². The van der Waals surface area contributed by atoms with E-state index in [2.05, 4.69) is 17.4 Å². The standard InChI is InChI=1S/C21H25NO2/c1-2-24-19-14-8-13-18(15-19)21(23)22-20(17-11-6-7-12-17)16-9-4-3-5-10-16/h3-5,8-10,13-15,17,20H,2,6-7,11-12H2,1H3,(H,22,23). The second-order valence-electron chi connectivity index (χ2n) is 6.37. The molecule has 24 heavy (non-hydrogen) atoms. The first-order valence-electron chi connectivity index (χ1n) is 8.86. The van der Waals surface area contributed by atoms with Gasteiger partial charge in [-0.25, -0.2) is 0 Å². The molecule has 0 aliphatic heterocycles. The second kappa shape index (κ2) is 8.00. The first-order valence-corrected chi connectivity index (χ1v) is 8.86. The highest BCUT2D eigenvalue weighted by molar-refractivity contribution is 5.94. The molecule has 1 N–H and O–H groups in total. The Bertz CT molecular complexity index is 663. The fourth-order valence-corrected chi connectivity index (χ4v) is 3.54. The number of hydrogen-bond donors (Lipinski definition) is 1. The van der Waals surface area contributed by atoms with E-state index in [0.717, 1.165) is 5.75 Å². The molecule has 1 unspecified atom stereocenters. The Morgan fingerprint density at radius 1 is 1.12 bits per heavy atom. The molecule has 126 valence electrons. The molecule has 0 bridgehead atoms. The van der Waals surface area contributed by atoms with Crippen molar-refractivity contribution in [1.29, 1.82) is 0 Å². The van der Waals surface area contributed by atoms with Gasteiger partial charge in [0.05, 0.1) is 12.6 Å². The van der Waals surface area contributed by atoms with Gasteiger partial charge in [0.2, 0.25) is 0 Å². The fraction of sp³-hybridized carbons (Fsp3) is 0.381. The number of ether oxygens (including phenoxy) is 1. The molecule has 3 heteroatoms. The smallest absolute Gasteiger partial charge is 0.251 e. The number of hydrogen-bond acceptors (Lipinski definition) is 2. The Kier molecular flexibility index (Phi) is 5.52. The van der Waals surface area contributed by atoms with Gasteiger partial charge in [-0.05, 0) is 49.4 Å². The van der Waals surface area contributed by atoms with E-state index in [1.54, 1.807) is 0 Å². The molecule has 1 fully saturated rings. The average Bonchev–Trinajstić information content (AvgIpc) is 3.15. The third-order valence-electron chi connectivity index (χ3n) is 4.72. The molecule has 3 nitrogen and oxygen atoms in total. The zero-order valence-electron chi connectivity index (χ0n) is 14.2. The van der Waals surface area contributed by atoms with Gasteiger partial charge in [0, 0.05) is 5.56 Å². The number of nitrogens with one attached hydrogen (secondary N) is 1. The van der Waals surface area contributed by atoms with Crippen molar-refractivity contribution in [1.82, 2.24) is 5.32 Å². The number of amides is 1. The van der Waals surface area contributed by atoms with E-state index in [1.807, 2.05) is 49.4 Å². The zero-order chi connectivity index (χ0) is 16.8. The summed E-state index contributed by atoms with van der Waals surface area (Å²) in [5.41, 5.74) is 1.85. The summed E-state index contributed by atoms with van der Waals surface area (Å²) < 4.78 is 5.51. The molecule has 1 amide bonds. The average molecular weight is 323 g/mol. The topological polar surface area (TPSA) is 38.3 Å². The van der Waals surface area contributed by atoms with Crippen LogP contribution in [0.15, 0.2) is 54.6 Å². The fourth-order valence-electron chi connectivity index (χ4n) is 3.54. The highest BCUT2D eigenvalue weighted by atomic mass is 16.5. The third kappa shape index (κ3) is 3.97. The van der Waals surface area contributed by atoms with Crippen molar-refractivity contribution in [3.63, 3.8) is 0 Å². The Hall–Kier alpha value is -2.29. The summed E-state index contributed by atoms with van der Waals surface area (Å²) in [7, 11) is 0. The summed E-state index contributed by atoms with van der Waals surface area (Å²) in [5, 5.41) is 3.27. The van der Waals surface area contributed by atoms with Gasteiger partial charge in [-0.15, -0.1) is 0 Å². The SMILES string of the molecule is CCOc1cccc(C(=O)NC(c2ccccc2)C2CCCC2)c1. The Labute approximate surface area is 144 Å². The van der Waals surface area contributed by atoms with E-state index in [4.69, 9.17) is 4.74 Å². The number of carbonyl (C=O) groups is 1. The minimum absolute atomic E-state index is 0.0303. The molecule has 1 saturated carbocycles. The minimum Gasteiger partial charge on any atom is -0.494 e. The normalized spacial score (nSPS) is 15.9. The highest BCUT2D eigenvalue weighted by Gasteiger charge is 2.27. The quantitative estimate of drug-likeness (QED) is 0.833. The van der Waals surface area contributed by atoms with Gasteiger partial charge in [-0.2, -0.15) is 0 Å². The molecule has 1 aliphatic rings. The van der Waals surface area contributed by atoms with Gasteiger partial charge in [-0.1, -0.05) is 49.2 Å². The maximum Gasteiger partial charge on any atom is 0.251 e. The van der Waals surface area contributed by atoms with Crippen molar-refractivity contribution in [2.45, 2.75) is 38.6 Å². The Morgan fingerprint density at radius 3 is 2.58 bits per heavy atom. The van der Waals surface area contributed by atoms with Crippen LogP contribution in [0.3, 0.4) is 0 Å². The Morgan fingerprint density at radius 2 is 1.88 bits per heavy atom. The Balaban J connectivity index is 1.79. The van der Waals surface area contributed by atoms with Gasteiger partial charge in [-0.3, -0.25) is 4.79 Å². The van der Waals surface area contributed by atoms with E-state index < -0.39 is 0 Å². The summed E-state index contributed by atoms with van der Waals surface area (Å²) in [4.78, 5) is 12.8. The molecule has 0 saturated heterocycles. The molecule has 0 aromatic heterocycles. The lowest BCUT2D eigenvalue weighted by molar-refractivity contribution is 0.0921. The summed E-state index contributed by atoms with van der Waals surface area (Å²) in [6.45, 7) is 2.54. The molecule has 1 atom stereocenters. The molecule has 0 spiro atoms. The first-order chi connectivity index (χ1) is 11.8. The lowest BCUT2D eigenvalue weighted by atomic mass is 9.91. The van der Waals surface area contributed by atoms with Crippen LogP contribution < -0.4 is 10.1 Å². The van der Waals surface area contributed by atoms with Crippen LogP contribution >= 0.6 is 0 Å². The van der Waals surface area contributed by atoms with E-state index >= 15 is 0 Å². The van der Waals surface area contributed by atoms with Crippen LogP contribution in [0.4, 0.5) is 0 Å². The monoisotopic (exact) mass is 323 g/mol. The van der Waals surface area contributed by atoms with Crippen LogP contribution in [-0.2, 0) is 0 Å². The second-order valence-corrected chi connectivity index (χ2v) is 6.37. The van der Waals surface area contributed by atoms with Crippen LogP contribution in [-0.4, -0.2) is 12.5 Å². The van der Waals surface area contributed by atoms with Crippen molar-refractivity contribution >= 4 is 5.91 Å². The van der Waals surface area contributed by atoms with Gasteiger partial charge >= 0.3 is 0 Å². The molecule has 1 aliphatic carbocycles. The van der Waals surface area contributed by atoms with Crippen molar-refractivity contribution in [3.05, 3.63) is 65.7 Å². The van der Waals surface area contributed by atoms with E-state index in [-0.39, 0.29) is 11.9 Å². The third-order valence-corrected chi connectivity index (χ3v) is 4.72. The predicted octanol–water partition coefficient (Wildman–Crippen LogP) is 4.75. The van der Waals surface area contributed by atoms with E-state index in [1.165, 1.54) is 31.2 Å². The summed E-state index contributed by atoms with van der Waals surface area (Å²) in [6, 6.07) is 17.8. The first kappa shape index (κ1) is 16.6. The molecular weight excluding hydrogens is 298 g/mol. The number of rotatable bonds is 6. The van der Waals surface area contributed by atoms with Crippen LogP contribution in [0.2, 0.25) is 0 Å². The van der Waals surface area contributed by atoms with Crippen LogP contribution in [0, 0.1) is 5.92 Å². The highest BCUT2D eigenvalue weighted by Crippen LogP contribution is 2.35. The summed E-state index contributed by atoms with van der Waals surface area (Å²) in [5.74, 6) is 1.23. The largest absolute Gasteiger partial charge is 0.494 e. The van der Waals surface area contributed by atoms with Crippen molar-refractivity contribution in [2.75, 3.05) is 6.61 Å². The molecule has 2 aromatic carbocycles. The summed E-state index contributed by atoms with van der Waals surface area (Å²) >= 11 is 0. The number of carbonyl (C=O) groups excluding carboxylic acids is 1. The molecule has 0 heterocycles. The van der Waals surface area contributed by atoms with Crippen LogP contribution in [0.5, 0.6) is 5.75 Å². The lowest BCUT2D eigenvalue weighted by Gasteiger charge is -2.25. The maximum absolute atomic E-state index is 12.8. The van der Waals surface area contributed by atoms with Gasteiger partial charge in [0.15, 0.2) is 0 Å². The van der Waals surface area contributed by atoms with Crippen molar-refractivity contribution in [3.8, 4) is 5.75 Å².